The molecule has 0 amide bonds. The maximum absolute atomic E-state index is 11.1. The first-order valence-electron chi connectivity index (χ1n) is 7.18. The van der Waals surface area contributed by atoms with E-state index >= 15 is 0 Å². The van der Waals surface area contributed by atoms with E-state index in [1.807, 2.05) is 37.3 Å². The van der Waals surface area contributed by atoms with E-state index in [0.29, 0.717) is 18.5 Å². The first-order chi connectivity index (χ1) is 10.5. The number of ketones is 1. The van der Waals surface area contributed by atoms with Gasteiger partial charge in [0.15, 0.2) is 0 Å². The largest absolute Gasteiger partial charge is 0.506 e. The SMILES string of the molecule is CC(=O)CCc1ccc(O)c(-n2nc3ccc(C)cc3n2)c1. The number of phenolic OH excluding ortho intramolecular Hbond substituents is 1. The number of fused-ring (bicyclic) bond motifs is 1. The van der Waals surface area contributed by atoms with E-state index < -0.39 is 0 Å². The molecule has 0 saturated carbocycles. The van der Waals surface area contributed by atoms with Crippen LogP contribution in [-0.4, -0.2) is 25.9 Å². The van der Waals surface area contributed by atoms with Gasteiger partial charge in [0.25, 0.3) is 0 Å². The van der Waals surface area contributed by atoms with Gasteiger partial charge in [0, 0.05) is 6.42 Å². The Hall–Kier alpha value is -2.69. The molecule has 0 bridgehead atoms. The van der Waals surface area contributed by atoms with Crippen LogP contribution in [0.3, 0.4) is 0 Å². The molecule has 2 aromatic carbocycles. The Kier molecular flexibility index (Phi) is 3.63. The van der Waals surface area contributed by atoms with E-state index in [9.17, 15) is 9.90 Å². The molecule has 3 aromatic rings. The van der Waals surface area contributed by atoms with Crippen molar-refractivity contribution in [2.45, 2.75) is 26.7 Å². The minimum atomic E-state index is 0.114. The molecular weight excluding hydrogens is 278 g/mol. The normalized spacial score (nSPS) is 11.0. The summed E-state index contributed by atoms with van der Waals surface area (Å²) in [4.78, 5) is 12.6. The molecule has 0 atom stereocenters. The van der Waals surface area contributed by atoms with Crippen LogP contribution in [0.15, 0.2) is 36.4 Å². The fraction of sp³-hybridized carbons (Fsp3) is 0.235. The highest BCUT2D eigenvalue weighted by Crippen LogP contribution is 2.24. The number of rotatable bonds is 4. The monoisotopic (exact) mass is 295 g/mol. The van der Waals surface area contributed by atoms with Gasteiger partial charge in [-0.3, -0.25) is 0 Å². The van der Waals surface area contributed by atoms with Crippen LogP contribution >= 0.6 is 0 Å². The van der Waals surface area contributed by atoms with Crippen LogP contribution in [0.25, 0.3) is 16.7 Å². The molecule has 0 aliphatic heterocycles. The number of carbonyl (C=O) groups excluding carboxylic acids is 1. The summed E-state index contributed by atoms with van der Waals surface area (Å²) in [6, 6.07) is 11.1. The molecule has 1 N–H and O–H groups in total. The predicted octanol–water partition coefficient (Wildman–Crippen LogP) is 2.96. The fourth-order valence-electron chi connectivity index (χ4n) is 2.34. The van der Waals surface area contributed by atoms with E-state index in [2.05, 4.69) is 10.2 Å². The van der Waals surface area contributed by atoms with Crippen LogP contribution in [0.2, 0.25) is 0 Å². The van der Waals surface area contributed by atoms with Crippen LogP contribution in [0.4, 0.5) is 0 Å². The standard InChI is InChI=1S/C17H17N3O2/c1-11-3-7-14-15(9-11)19-20(18-14)16-10-13(5-4-12(2)21)6-8-17(16)22/h3,6-10,22H,4-5H2,1-2H3. The van der Waals surface area contributed by atoms with Crippen molar-refractivity contribution < 1.29 is 9.90 Å². The van der Waals surface area contributed by atoms with E-state index in [1.54, 1.807) is 13.0 Å². The van der Waals surface area contributed by atoms with Crippen molar-refractivity contribution in [3.63, 3.8) is 0 Å². The number of aromatic hydroxyl groups is 1. The summed E-state index contributed by atoms with van der Waals surface area (Å²) in [6.07, 6.45) is 1.13. The maximum atomic E-state index is 11.1. The Morgan fingerprint density at radius 3 is 2.68 bits per heavy atom. The second-order valence-electron chi connectivity index (χ2n) is 5.51. The van der Waals surface area contributed by atoms with Crippen molar-refractivity contribution >= 4 is 16.8 Å². The van der Waals surface area contributed by atoms with Gasteiger partial charge in [-0.25, -0.2) is 0 Å². The number of aryl methyl sites for hydroxylation is 2. The third kappa shape index (κ3) is 2.83. The van der Waals surface area contributed by atoms with Crippen LogP contribution < -0.4 is 0 Å². The summed E-state index contributed by atoms with van der Waals surface area (Å²) in [5, 5.41) is 18.9. The minimum Gasteiger partial charge on any atom is -0.506 e. The van der Waals surface area contributed by atoms with Gasteiger partial charge < -0.3 is 9.90 Å². The van der Waals surface area contributed by atoms with Gasteiger partial charge in [0.05, 0.1) is 0 Å². The number of phenols is 1. The maximum Gasteiger partial charge on any atom is 0.143 e. The molecule has 0 aliphatic rings. The van der Waals surface area contributed by atoms with Crippen LogP contribution in [-0.2, 0) is 11.2 Å². The van der Waals surface area contributed by atoms with E-state index in [-0.39, 0.29) is 11.5 Å². The molecule has 0 spiro atoms. The molecule has 112 valence electrons. The molecule has 22 heavy (non-hydrogen) atoms. The third-order valence-electron chi connectivity index (χ3n) is 3.56. The summed E-state index contributed by atoms with van der Waals surface area (Å²) >= 11 is 0. The van der Waals surface area contributed by atoms with Gasteiger partial charge in [0.1, 0.15) is 28.3 Å². The lowest BCUT2D eigenvalue weighted by Gasteiger charge is -2.06. The van der Waals surface area contributed by atoms with E-state index in [4.69, 9.17) is 0 Å². The Morgan fingerprint density at radius 1 is 1.14 bits per heavy atom. The van der Waals surface area contributed by atoms with Crippen molar-refractivity contribution in [2.75, 3.05) is 0 Å². The molecule has 0 fully saturated rings. The molecule has 3 rings (SSSR count). The van der Waals surface area contributed by atoms with Crippen LogP contribution in [0, 0.1) is 6.92 Å². The highest BCUT2D eigenvalue weighted by Gasteiger charge is 2.10. The number of carbonyl (C=O) groups is 1. The molecule has 0 saturated heterocycles. The molecule has 1 aromatic heterocycles. The number of benzene rings is 2. The lowest BCUT2D eigenvalue weighted by Crippen LogP contribution is -2.01. The van der Waals surface area contributed by atoms with Crippen molar-refractivity contribution in [3.8, 4) is 11.4 Å². The first-order valence-corrected chi connectivity index (χ1v) is 7.18. The highest BCUT2D eigenvalue weighted by atomic mass is 16.3. The smallest absolute Gasteiger partial charge is 0.143 e. The van der Waals surface area contributed by atoms with E-state index in [0.717, 1.165) is 22.2 Å². The van der Waals surface area contributed by atoms with Crippen molar-refractivity contribution in [1.82, 2.24) is 15.0 Å². The van der Waals surface area contributed by atoms with Gasteiger partial charge in [0.2, 0.25) is 0 Å². The summed E-state index contributed by atoms with van der Waals surface area (Å²) in [6.45, 7) is 3.57. The minimum absolute atomic E-state index is 0.114. The second kappa shape index (κ2) is 5.60. The summed E-state index contributed by atoms with van der Waals surface area (Å²) in [5.74, 6) is 0.261. The van der Waals surface area contributed by atoms with Gasteiger partial charge >= 0.3 is 0 Å². The zero-order valence-electron chi connectivity index (χ0n) is 12.6. The highest BCUT2D eigenvalue weighted by molar-refractivity contribution is 5.76. The Labute approximate surface area is 128 Å². The van der Waals surface area contributed by atoms with Crippen molar-refractivity contribution in [3.05, 3.63) is 47.5 Å². The van der Waals surface area contributed by atoms with E-state index in [1.165, 1.54) is 4.80 Å². The average Bonchev–Trinajstić information content (AvgIpc) is 2.89. The zero-order valence-corrected chi connectivity index (χ0v) is 12.6. The van der Waals surface area contributed by atoms with Crippen molar-refractivity contribution in [1.29, 1.82) is 0 Å². The predicted molar refractivity (Wildman–Crippen MR) is 84.3 cm³/mol. The van der Waals surface area contributed by atoms with Gasteiger partial charge in [-0.2, -0.15) is 0 Å². The third-order valence-corrected chi connectivity index (χ3v) is 3.56. The molecule has 5 nitrogen and oxygen atoms in total. The molecule has 1 heterocycles. The molecule has 0 unspecified atom stereocenters. The number of hydrogen-bond acceptors (Lipinski definition) is 4. The Balaban J connectivity index is 2.01. The summed E-state index contributed by atoms with van der Waals surface area (Å²) in [7, 11) is 0. The quantitative estimate of drug-likeness (QED) is 0.803. The lowest BCUT2D eigenvalue weighted by atomic mass is 10.1. The fourth-order valence-corrected chi connectivity index (χ4v) is 2.34. The summed E-state index contributed by atoms with van der Waals surface area (Å²) < 4.78 is 0. The lowest BCUT2D eigenvalue weighted by molar-refractivity contribution is -0.116. The summed E-state index contributed by atoms with van der Waals surface area (Å²) in [5.41, 5.74) is 4.17. The number of nitrogens with zero attached hydrogens (tertiary/aromatic N) is 3. The van der Waals surface area contributed by atoms with Gasteiger partial charge in [-0.15, -0.1) is 15.0 Å². The topological polar surface area (TPSA) is 68.0 Å². The average molecular weight is 295 g/mol. The second-order valence-corrected chi connectivity index (χ2v) is 5.51. The number of hydrogen-bond donors (Lipinski definition) is 1. The molecule has 0 aliphatic carbocycles. The molecule has 0 radical (unpaired) electrons. The van der Waals surface area contributed by atoms with Crippen LogP contribution in [0.5, 0.6) is 5.75 Å². The number of Topliss-reactive ketones (excluding diaryl/α,β-unsaturated/α-hetero) is 1. The van der Waals surface area contributed by atoms with Crippen molar-refractivity contribution in [2.24, 2.45) is 0 Å². The molecule has 5 heteroatoms. The number of aromatic nitrogens is 3. The van der Waals surface area contributed by atoms with Crippen LogP contribution in [0.1, 0.15) is 24.5 Å². The molecular formula is C17H17N3O2. The van der Waals surface area contributed by atoms with Gasteiger partial charge in [-0.1, -0.05) is 12.1 Å². The Bertz CT molecular complexity index is 852. The van der Waals surface area contributed by atoms with Gasteiger partial charge in [-0.05, 0) is 55.7 Å². The first kappa shape index (κ1) is 14.3. The Morgan fingerprint density at radius 2 is 1.91 bits per heavy atom. The zero-order chi connectivity index (χ0) is 15.7.